The summed E-state index contributed by atoms with van der Waals surface area (Å²) in [4.78, 5) is 4.66. The Morgan fingerprint density at radius 1 is 1.10 bits per heavy atom. The summed E-state index contributed by atoms with van der Waals surface area (Å²) in [7, 11) is 0. The molecule has 108 valence electrons. The van der Waals surface area contributed by atoms with E-state index in [4.69, 9.17) is 11.6 Å². The standard InChI is InChI=1S/C17H16ClFN2/c1-11-3-4-16-15(9-11)20-17(5-6-18)21(16)14-8-12(2)7-13(19)10-14/h3-4,7-10H,5-6H2,1-2H3. The zero-order chi connectivity index (χ0) is 15.0. The summed E-state index contributed by atoms with van der Waals surface area (Å²) in [5.74, 6) is 1.10. The lowest BCUT2D eigenvalue weighted by Gasteiger charge is -2.10. The van der Waals surface area contributed by atoms with Crippen LogP contribution in [0.15, 0.2) is 36.4 Å². The van der Waals surface area contributed by atoms with Crippen LogP contribution in [0.3, 0.4) is 0 Å². The van der Waals surface area contributed by atoms with E-state index in [9.17, 15) is 4.39 Å². The molecule has 0 bridgehead atoms. The van der Waals surface area contributed by atoms with Gasteiger partial charge in [-0.25, -0.2) is 9.37 Å². The molecule has 3 aromatic rings. The maximum atomic E-state index is 13.7. The van der Waals surface area contributed by atoms with Gasteiger partial charge in [-0.3, -0.25) is 4.57 Å². The maximum absolute atomic E-state index is 13.7. The normalized spacial score (nSPS) is 11.2. The van der Waals surface area contributed by atoms with Crippen LogP contribution in [0.25, 0.3) is 16.7 Å². The topological polar surface area (TPSA) is 17.8 Å². The third-order valence-corrected chi connectivity index (χ3v) is 3.67. The lowest BCUT2D eigenvalue weighted by atomic mass is 10.2. The van der Waals surface area contributed by atoms with Crippen LogP contribution in [-0.4, -0.2) is 15.4 Å². The Morgan fingerprint density at radius 2 is 1.90 bits per heavy atom. The van der Waals surface area contributed by atoms with Gasteiger partial charge in [0.25, 0.3) is 0 Å². The summed E-state index contributed by atoms with van der Waals surface area (Å²) in [6.45, 7) is 3.92. The second-order valence-electron chi connectivity index (χ2n) is 5.28. The van der Waals surface area contributed by atoms with Crippen molar-refractivity contribution in [2.75, 3.05) is 5.88 Å². The lowest BCUT2D eigenvalue weighted by molar-refractivity contribution is 0.625. The highest BCUT2D eigenvalue weighted by molar-refractivity contribution is 6.17. The maximum Gasteiger partial charge on any atom is 0.125 e. The number of fused-ring (bicyclic) bond motifs is 1. The zero-order valence-electron chi connectivity index (χ0n) is 12.0. The van der Waals surface area contributed by atoms with Crippen molar-refractivity contribution in [3.05, 3.63) is 59.2 Å². The van der Waals surface area contributed by atoms with Gasteiger partial charge in [0.05, 0.1) is 16.7 Å². The molecule has 0 saturated carbocycles. The molecule has 0 saturated heterocycles. The molecule has 0 aliphatic heterocycles. The largest absolute Gasteiger partial charge is 0.296 e. The molecule has 3 rings (SSSR count). The number of aryl methyl sites for hydroxylation is 3. The molecule has 0 N–H and O–H groups in total. The van der Waals surface area contributed by atoms with E-state index in [-0.39, 0.29) is 5.82 Å². The fraction of sp³-hybridized carbons (Fsp3) is 0.235. The zero-order valence-corrected chi connectivity index (χ0v) is 12.8. The average molecular weight is 303 g/mol. The van der Waals surface area contributed by atoms with Gasteiger partial charge in [0.1, 0.15) is 11.6 Å². The first-order chi connectivity index (χ1) is 10.1. The van der Waals surface area contributed by atoms with E-state index < -0.39 is 0 Å². The minimum Gasteiger partial charge on any atom is -0.296 e. The van der Waals surface area contributed by atoms with Gasteiger partial charge in [0, 0.05) is 12.3 Å². The quantitative estimate of drug-likeness (QED) is 0.648. The van der Waals surface area contributed by atoms with Gasteiger partial charge in [0.2, 0.25) is 0 Å². The number of benzene rings is 2. The van der Waals surface area contributed by atoms with Crippen LogP contribution in [0, 0.1) is 19.7 Å². The van der Waals surface area contributed by atoms with Gasteiger partial charge in [-0.15, -0.1) is 11.6 Å². The molecule has 0 atom stereocenters. The van der Waals surface area contributed by atoms with Crippen LogP contribution < -0.4 is 0 Å². The molecule has 2 nitrogen and oxygen atoms in total. The monoisotopic (exact) mass is 302 g/mol. The number of halogens is 2. The number of hydrogen-bond donors (Lipinski definition) is 0. The highest BCUT2D eigenvalue weighted by Gasteiger charge is 2.13. The third kappa shape index (κ3) is 2.66. The minimum absolute atomic E-state index is 0.240. The first kappa shape index (κ1) is 14.1. The molecule has 4 heteroatoms. The number of hydrogen-bond acceptors (Lipinski definition) is 1. The summed E-state index contributed by atoms with van der Waals surface area (Å²) in [6.07, 6.45) is 0.644. The molecular weight excluding hydrogens is 287 g/mol. The smallest absolute Gasteiger partial charge is 0.125 e. The summed E-state index contributed by atoms with van der Waals surface area (Å²) in [5, 5.41) is 0. The Balaban J connectivity index is 2.30. The summed E-state index contributed by atoms with van der Waals surface area (Å²) in [5.41, 5.74) is 4.72. The molecule has 0 aliphatic rings. The molecule has 0 spiro atoms. The van der Waals surface area contributed by atoms with Gasteiger partial charge < -0.3 is 0 Å². The van der Waals surface area contributed by atoms with E-state index in [1.54, 1.807) is 0 Å². The molecule has 0 amide bonds. The Labute approximate surface area is 128 Å². The minimum atomic E-state index is -0.240. The summed E-state index contributed by atoms with van der Waals surface area (Å²) < 4.78 is 15.7. The van der Waals surface area contributed by atoms with E-state index in [0.29, 0.717) is 12.3 Å². The average Bonchev–Trinajstić information content (AvgIpc) is 2.75. The van der Waals surface area contributed by atoms with Crippen LogP contribution in [0.4, 0.5) is 4.39 Å². The predicted molar refractivity (Wildman–Crippen MR) is 84.9 cm³/mol. The first-order valence-electron chi connectivity index (χ1n) is 6.90. The predicted octanol–water partition coefficient (Wildman–Crippen LogP) is 4.56. The third-order valence-electron chi connectivity index (χ3n) is 3.48. The van der Waals surface area contributed by atoms with Gasteiger partial charge in [-0.05, 0) is 55.3 Å². The van der Waals surface area contributed by atoms with Crippen molar-refractivity contribution in [1.29, 1.82) is 0 Å². The molecule has 0 unspecified atom stereocenters. The van der Waals surface area contributed by atoms with Gasteiger partial charge >= 0.3 is 0 Å². The van der Waals surface area contributed by atoms with Crippen molar-refractivity contribution < 1.29 is 4.39 Å². The Morgan fingerprint density at radius 3 is 2.62 bits per heavy atom. The van der Waals surface area contributed by atoms with Crippen LogP contribution in [0.2, 0.25) is 0 Å². The Hall–Kier alpha value is -1.87. The number of imidazole rings is 1. The Kier molecular flexibility index (Phi) is 3.68. The lowest BCUT2D eigenvalue weighted by Crippen LogP contribution is -2.03. The van der Waals surface area contributed by atoms with E-state index in [2.05, 4.69) is 4.98 Å². The Bertz CT molecular complexity index is 788. The van der Waals surface area contributed by atoms with Crippen molar-refractivity contribution in [3.8, 4) is 5.69 Å². The fourth-order valence-corrected chi connectivity index (χ4v) is 2.80. The van der Waals surface area contributed by atoms with Gasteiger partial charge in [-0.2, -0.15) is 0 Å². The molecule has 1 heterocycles. The van der Waals surface area contributed by atoms with Crippen molar-refractivity contribution in [3.63, 3.8) is 0 Å². The summed E-state index contributed by atoms with van der Waals surface area (Å²) in [6, 6.07) is 11.1. The van der Waals surface area contributed by atoms with Crippen molar-refractivity contribution in [1.82, 2.24) is 9.55 Å². The van der Waals surface area contributed by atoms with Crippen LogP contribution in [0.1, 0.15) is 17.0 Å². The highest BCUT2D eigenvalue weighted by Crippen LogP contribution is 2.24. The molecule has 1 aromatic heterocycles. The van der Waals surface area contributed by atoms with E-state index in [0.717, 1.165) is 33.7 Å². The number of aromatic nitrogens is 2. The SMILES string of the molecule is Cc1cc(F)cc(-n2c(CCCl)nc3cc(C)ccc32)c1. The molecule has 0 fully saturated rings. The van der Waals surface area contributed by atoms with E-state index >= 15 is 0 Å². The number of rotatable bonds is 3. The molecule has 21 heavy (non-hydrogen) atoms. The summed E-state index contributed by atoms with van der Waals surface area (Å²) >= 11 is 5.89. The second-order valence-corrected chi connectivity index (χ2v) is 5.66. The molecular formula is C17H16ClFN2. The van der Waals surface area contributed by atoms with E-state index in [1.165, 1.54) is 12.1 Å². The van der Waals surface area contributed by atoms with Crippen molar-refractivity contribution in [2.24, 2.45) is 0 Å². The van der Waals surface area contributed by atoms with Gasteiger partial charge in [-0.1, -0.05) is 6.07 Å². The van der Waals surface area contributed by atoms with E-state index in [1.807, 2.05) is 42.7 Å². The van der Waals surface area contributed by atoms with Crippen LogP contribution in [-0.2, 0) is 6.42 Å². The molecule has 0 aliphatic carbocycles. The molecule has 0 radical (unpaired) electrons. The number of nitrogens with zero attached hydrogens (tertiary/aromatic N) is 2. The molecule has 2 aromatic carbocycles. The highest BCUT2D eigenvalue weighted by atomic mass is 35.5. The second kappa shape index (κ2) is 5.49. The van der Waals surface area contributed by atoms with Crippen LogP contribution >= 0.6 is 11.6 Å². The van der Waals surface area contributed by atoms with Crippen molar-refractivity contribution >= 4 is 22.6 Å². The fourth-order valence-electron chi connectivity index (χ4n) is 2.63. The first-order valence-corrected chi connectivity index (χ1v) is 7.43. The van der Waals surface area contributed by atoms with Crippen molar-refractivity contribution in [2.45, 2.75) is 20.3 Å². The van der Waals surface area contributed by atoms with Crippen LogP contribution in [0.5, 0.6) is 0 Å². The number of alkyl halides is 1. The van der Waals surface area contributed by atoms with Gasteiger partial charge in [0.15, 0.2) is 0 Å².